The molecule has 0 amide bonds. The van der Waals surface area contributed by atoms with Gasteiger partial charge >= 0.3 is 0 Å². The van der Waals surface area contributed by atoms with Crippen molar-refractivity contribution in [2.75, 3.05) is 25.9 Å². The summed E-state index contributed by atoms with van der Waals surface area (Å²) in [4.78, 5) is 6.50. The Morgan fingerprint density at radius 2 is 2.12 bits per heavy atom. The number of hydrogen-bond donors (Lipinski definition) is 1. The molecule has 1 saturated heterocycles. The van der Waals surface area contributed by atoms with Gasteiger partial charge in [-0.3, -0.25) is 0 Å². The van der Waals surface area contributed by atoms with E-state index in [1.165, 1.54) is 0 Å². The Bertz CT molecular complexity index is 359. The van der Waals surface area contributed by atoms with Crippen molar-refractivity contribution in [3.63, 3.8) is 0 Å². The van der Waals surface area contributed by atoms with Crippen molar-refractivity contribution in [1.82, 2.24) is 9.88 Å². The summed E-state index contributed by atoms with van der Waals surface area (Å²) < 4.78 is 5.85. The molecule has 2 rings (SSSR count). The largest absolute Gasteiger partial charge is 0.473 e. The molecule has 0 saturated carbocycles. The van der Waals surface area contributed by atoms with E-state index in [-0.39, 0.29) is 6.10 Å². The first-order chi connectivity index (χ1) is 7.66. The average Bonchev–Trinajstić information content (AvgIpc) is 2.28. The van der Waals surface area contributed by atoms with E-state index in [9.17, 15) is 0 Å². The molecule has 0 radical (unpaired) electrons. The van der Waals surface area contributed by atoms with Crippen molar-refractivity contribution in [1.29, 1.82) is 0 Å². The number of anilines is 1. The fourth-order valence-corrected chi connectivity index (χ4v) is 1.90. The number of piperidine rings is 1. The first-order valence-electron chi connectivity index (χ1n) is 5.73. The molecule has 1 aromatic rings. The maximum atomic E-state index is 5.93. The van der Waals surface area contributed by atoms with Crippen molar-refractivity contribution >= 4 is 5.69 Å². The van der Waals surface area contributed by atoms with Crippen molar-refractivity contribution in [3.05, 3.63) is 17.8 Å². The van der Waals surface area contributed by atoms with Gasteiger partial charge in [-0.05, 0) is 38.4 Å². The minimum atomic E-state index is 0.257. The van der Waals surface area contributed by atoms with Crippen molar-refractivity contribution < 1.29 is 4.74 Å². The number of nitrogens with two attached hydrogens (primary N) is 1. The third kappa shape index (κ3) is 2.44. The van der Waals surface area contributed by atoms with Crippen LogP contribution in [0.5, 0.6) is 5.88 Å². The number of likely N-dealkylation sites (tertiary alicyclic amines) is 1. The van der Waals surface area contributed by atoms with Gasteiger partial charge in [0.05, 0.1) is 5.69 Å². The number of aromatic nitrogens is 1. The molecule has 0 atom stereocenters. The molecule has 0 bridgehead atoms. The zero-order valence-corrected chi connectivity index (χ0v) is 9.94. The maximum Gasteiger partial charge on any atom is 0.237 e. The van der Waals surface area contributed by atoms with Gasteiger partial charge in [0.15, 0.2) is 0 Å². The third-order valence-electron chi connectivity index (χ3n) is 3.12. The zero-order chi connectivity index (χ0) is 11.5. The van der Waals surface area contributed by atoms with E-state index in [1.54, 1.807) is 6.20 Å². The van der Waals surface area contributed by atoms with Crippen molar-refractivity contribution in [3.8, 4) is 5.88 Å². The second kappa shape index (κ2) is 4.70. The van der Waals surface area contributed by atoms with Gasteiger partial charge in [0.2, 0.25) is 5.88 Å². The fraction of sp³-hybridized carbons (Fsp3) is 0.583. The summed E-state index contributed by atoms with van der Waals surface area (Å²) >= 11 is 0. The Morgan fingerprint density at radius 1 is 1.44 bits per heavy atom. The molecule has 4 nitrogen and oxygen atoms in total. The topological polar surface area (TPSA) is 51.4 Å². The molecule has 1 aliphatic heterocycles. The van der Waals surface area contributed by atoms with Gasteiger partial charge in [0, 0.05) is 19.3 Å². The molecule has 0 aromatic carbocycles. The molecule has 0 unspecified atom stereocenters. The molecule has 0 spiro atoms. The number of ether oxygens (including phenoxy) is 1. The normalized spacial score (nSPS) is 18.6. The first kappa shape index (κ1) is 11.2. The van der Waals surface area contributed by atoms with Crippen LogP contribution < -0.4 is 10.5 Å². The smallest absolute Gasteiger partial charge is 0.237 e. The van der Waals surface area contributed by atoms with Crippen LogP contribution in [0.15, 0.2) is 12.3 Å². The summed E-state index contributed by atoms with van der Waals surface area (Å²) in [5.41, 5.74) is 7.62. The van der Waals surface area contributed by atoms with E-state index in [0.29, 0.717) is 11.6 Å². The third-order valence-corrected chi connectivity index (χ3v) is 3.12. The number of pyridine rings is 1. The molecule has 2 N–H and O–H groups in total. The van der Waals surface area contributed by atoms with Gasteiger partial charge in [-0.25, -0.2) is 4.98 Å². The van der Waals surface area contributed by atoms with Gasteiger partial charge < -0.3 is 15.4 Å². The lowest BCUT2D eigenvalue weighted by Crippen LogP contribution is -2.35. The molecular formula is C12H19N3O. The predicted molar refractivity (Wildman–Crippen MR) is 64.5 cm³/mol. The highest BCUT2D eigenvalue weighted by molar-refractivity contribution is 5.53. The van der Waals surface area contributed by atoms with Gasteiger partial charge in [0.1, 0.15) is 6.10 Å². The summed E-state index contributed by atoms with van der Waals surface area (Å²) in [6, 6.07) is 1.90. The van der Waals surface area contributed by atoms with Gasteiger partial charge in [-0.2, -0.15) is 0 Å². The minimum Gasteiger partial charge on any atom is -0.473 e. The summed E-state index contributed by atoms with van der Waals surface area (Å²) in [6.07, 6.45) is 4.10. The molecule has 16 heavy (non-hydrogen) atoms. The van der Waals surface area contributed by atoms with Gasteiger partial charge in [0.25, 0.3) is 0 Å². The molecule has 2 heterocycles. The van der Waals surface area contributed by atoms with Gasteiger partial charge in [-0.1, -0.05) is 0 Å². The highest BCUT2D eigenvalue weighted by Gasteiger charge is 2.19. The zero-order valence-electron chi connectivity index (χ0n) is 9.94. The second-order valence-corrected chi connectivity index (χ2v) is 4.47. The van der Waals surface area contributed by atoms with Crippen LogP contribution >= 0.6 is 0 Å². The summed E-state index contributed by atoms with van der Waals surface area (Å²) in [5, 5.41) is 0. The Hall–Kier alpha value is -1.29. The minimum absolute atomic E-state index is 0.257. The molecule has 1 aromatic heterocycles. The van der Waals surface area contributed by atoms with Crippen LogP contribution in [0.3, 0.4) is 0 Å². The van der Waals surface area contributed by atoms with Gasteiger partial charge in [-0.15, -0.1) is 0 Å². The van der Waals surface area contributed by atoms with Crippen LogP contribution in [0, 0.1) is 6.92 Å². The number of aryl methyl sites for hydroxylation is 1. The summed E-state index contributed by atoms with van der Waals surface area (Å²) in [5.74, 6) is 0.592. The highest BCUT2D eigenvalue weighted by Crippen LogP contribution is 2.24. The van der Waals surface area contributed by atoms with Crippen molar-refractivity contribution in [2.45, 2.75) is 25.9 Å². The van der Waals surface area contributed by atoms with E-state index in [4.69, 9.17) is 10.5 Å². The highest BCUT2D eigenvalue weighted by atomic mass is 16.5. The first-order valence-corrected chi connectivity index (χ1v) is 5.73. The van der Waals surface area contributed by atoms with Crippen molar-refractivity contribution in [2.24, 2.45) is 0 Å². The second-order valence-electron chi connectivity index (χ2n) is 4.47. The van der Waals surface area contributed by atoms with Crippen LogP contribution in [0.2, 0.25) is 0 Å². The Labute approximate surface area is 96.4 Å². The quantitative estimate of drug-likeness (QED) is 0.821. The Balaban J connectivity index is 2.01. The predicted octanol–water partition coefficient (Wildman–Crippen LogP) is 1.45. The van der Waals surface area contributed by atoms with E-state index < -0.39 is 0 Å². The van der Waals surface area contributed by atoms with Crippen LogP contribution in [0.25, 0.3) is 0 Å². The van der Waals surface area contributed by atoms with Crippen LogP contribution in [-0.4, -0.2) is 36.1 Å². The lowest BCUT2D eigenvalue weighted by molar-refractivity contribution is 0.110. The van der Waals surface area contributed by atoms with E-state index in [0.717, 1.165) is 31.5 Å². The van der Waals surface area contributed by atoms with Crippen LogP contribution in [0.1, 0.15) is 18.4 Å². The standard InChI is InChI=1S/C12H19N3O/c1-9-3-6-14-12(11(9)13)16-10-4-7-15(2)8-5-10/h3,6,10H,4-5,7-8,13H2,1-2H3. The monoisotopic (exact) mass is 221 g/mol. The molecular weight excluding hydrogens is 202 g/mol. The molecule has 1 aliphatic rings. The van der Waals surface area contributed by atoms with Crippen LogP contribution in [0.4, 0.5) is 5.69 Å². The average molecular weight is 221 g/mol. The molecule has 4 heteroatoms. The van der Waals surface area contributed by atoms with Crippen LogP contribution in [-0.2, 0) is 0 Å². The van der Waals surface area contributed by atoms with E-state index in [2.05, 4.69) is 16.9 Å². The SMILES string of the molecule is Cc1ccnc(OC2CCN(C)CC2)c1N. The number of hydrogen-bond acceptors (Lipinski definition) is 4. The van der Waals surface area contributed by atoms with E-state index >= 15 is 0 Å². The number of rotatable bonds is 2. The molecule has 88 valence electrons. The maximum absolute atomic E-state index is 5.93. The summed E-state index contributed by atoms with van der Waals surface area (Å²) in [6.45, 7) is 4.13. The summed E-state index contributed by atoms with van der Waals surface area (Å²) in [7, 11) is 2.13. The Morgan fingerprint density at radius 3 is 2.81 bits per heavy atom. The van der Waals surface area contributed by atoms with E-state index in [1.807, 2.05) is 13.0 Å². The molecule has 0 aliphatic carbocycles. The number of nitrogens with zero attached hydrogens (tertiary/aromatic N) is 2. The molecule has 1 fully saturated rings. The lowest BCUT2D eigenvalue weighted by atomic mass is 10.1. The lowest BCUT2D eigenvalue weighted by Gasteiger charge is -2.29. The fourth-order valence-electron chi connectivity index (χ4n) is 1.90. The number of nitrogen functional groups attached to an aromatic ring is 1. The Kier molecular flexibility index (Phi) is 3.29.